The molecule has 0 aliphatic carbocycles. The summed E-state index contributed by atoms with van der Waals surface area (Å²) in [7, 11) is 0. The number of rotatable bonds is 5. The first-order valence-corrected chi connectivity index (χ1v) is 6.25. The van der Waals surface area contributed by atoms with Gasteiger partial charge in [0.2, 0.25) is 5.89 Å². The molecule has 2 aromatic rings. The normalized spacial score (nSPS) is 10.3. The van der Waals surface area contributed by atoms with Gasteiger partial charge in [-0.25, -0.2) is 0 Å². The van der Waals surface area contributed by atoms with E-state index in [1.165, 1.54) is 0 Å². The molecule has 106 valence electrons. The van der Waals surface area contributed by atoms with Crippen molar-refractivity contribution in [3.63, 3.8) is 0 Å². The molecular formula is C13H17N5O2. The van der Waals surface area contributed by atoms with Crippen LogP contribution in [-0.4, -0.2) is 22.6 Å². The smallest absolute Gasteiger partial charge is 0.251 e. The molecule has 0 saturated carbocycles. The van der Waals surface area contributed by atoms with Gasteiger partial charge in [-0.3, -0.25) is 10.6 Å². The van der Waals surface area contributed by atoms with E-state index in [4.69, 9.17) is 10.4 Å². The Bertz CT molecular complexity index is 609. The lowest BCUT2D eigenvalue weighted by molar-refractivity contribution is 0.0953. The summed E-state index contributed by atoms with van der Waals surface area (Å²) in [6.07, 6.45) is 0.508. The summed E-state index contributed by atoms with van der Waals surface area (Å²) in [5.74, 6) is 6.31. The highest BCUT2D eigenvalue weighted by Crippen LogP contribution is 2.15. The van der Waals surface area contributed by atoms with Crippen LogP contribution in [0, 0.1) is 13.8 Å². The van der Waals surface area contributed by atoms with Crippen molar-refractivity contribution in [2.75, 3.05) is 12.0 Å². The fourth-order valence-corrected chi connectivity index (χ4v) is 1.79. The second kappa shape index (κ2) is 6.16. The van der Waals surface area contributed by atoms with Crippen molar-refractivity contribution in [1.29, 1.82) is 0 Å². The van der Waals surface area contributed by atoms with Crippen molar-refractivity contribution in [2.45, 2.75) is 20.3 Å². The van der Waals surface area contributed by atoms with Gasteiger partial charge in [0, 0.05) is 18.5 Å². The van der Waals surface area contributed by atoms with Gasteiger partial charge in [-0.05, 0) is 37.6 Å². The molecule has 0 atom stereocenters. The molecule has 0 bridgehead atoms. The number of aryl methyl sites for hydroxylation is 2. The summed E-state index contributed by atoms with van der Waals surface area (Å²) < 4.78 is 4.97. The van der Waals surface area contributed by atoms with Crippen molar-refractivity contribution >= 4 is 11.6 Å². The highest BCUT2D eigenvalue weighted by atomic mass is 16.5. The lowest BCUT2D eigenvalue weighted by Gasteiger charge is -2.08. The molecule has 4 N–H and O–H groups in total. The van der Waals surface area contributed by atoms with Crippen LogP contribution < -0.4 is 16.6 Å². The van der Waals surface area contributed by atoms with Gasteiger partial charge >= 0.3 is 0 Å². The third kappa shape index (κ3) is 3.33. The van der Waals surface area contributed by atoms with Crippen LogP contribution in [0.25, 0.3) is 0 Å². The first-order chi connectivity index (χ1) is 9.60. The zero-order valence-corrected chi connectivity index (χ0v) is 11.4. The lowest BCUT2D eigenvalue weighted by atomic mass is 10.1. The van der Waals surface area contributed by atoms with E-state index in [-0.39, 0.29) is 5.91 Å². The Hall–Kier alpha value is -2.41. The fraction of sp³-hybridized carbons (Fsp3) is 0.308. The van der Waals surface area contributed by atoms with Gasteiger partial charge in [-0.1, -0.05) is 5.16 Å². The van der Waals surface area contributed by atoms with Gasteiger partial charge in [0.25, 0.3) is 5.91 Å². The molecule has 7 nitrogen and oxygen atoms in total. The lowest BCUT2D eigenvalue weighted by Crippen LogP contribution is -2.26. The number of hydrogen-bond donors (Lipinski definition) is 3. The molecule has 0 unspecified atom stereocenters. The van der Waals surface area contributed by atoms with Crippen LogP contribution in [0.15, 0.2) is 22.7 Å². The van der Waals surface area contributed by atoms with Crippen LogP contribution in [0.4, 0.5) is 5.69 Å². The fourth-order valence-electron chi connectivity index (χ4n) is 1.79. The third-order valence-corrected chi connectivity index (χ3v) is 2.84. The highest BCUT2D eigenvalue weighted by Gasteiger charge is 2.08. The number of aromatic nitrogens is 2. The maximum Gasteiger partial charge on any atom is 0.251 e. The van der Waals surface area contributed by atoms with Gasteiger partial charge in [0.1, 0.15) is 0 Å². The van der Waals surface area contributed by atoms with Gasteiger partial charge in [-0.15, -0.1) is 0 Å². The molecule has 0 radical (unpaired) electrons. The standard InChI is InChI=1S/C13H17N5O2/c1-8-7-10(3-4-11(8)17-14)13(19)15-6-5-12-16-9(2)18-20-12/h3-4,7,17H,5-6,14H2,1-2H3,(H,15,19). The van der Waals surface area contributed by atoms with E-state index >= 15 is 0 Å². The molecule has 0 saturated heterocycles. The van der Waals surface area contributed by atoms with Crippen LogP contribution in [0.5, 0.6) is 0 Å². The summed E-state index contributed by atoms with van der Waals surface area (Å²) in [6.45, 7) is 4.07. The quantitative estimate of drug-likeness (QED) is 0.554. The van der Waals surface area contributed by atoms with Gasteiger partial charge in [0.15, 0.2) is 5.82 Å². The zero-order chi connectivity index (χ0) is 14.5. The van der Waals surface area contributed by atoms with Crippen molar-refractivity contribution in [3.8, 4) is 0 Å². The average Bonchev–Trinajstić information content (AvgIpc) is 2.84. The Morgan fingerprint density at radius 2 is 2.20 bits per heavy atom. The van der Waals surface area contributed by atoms with Crippen LogP contribution in [0.3, 0.4) is 0 Å². The van der Waals surface area contributed by atoms with Gasteiger partial charge in [-0.2, -0.15) is 4.98 Å². The summed E-state index contributed by atoms with van der Waals surface area (Å²) in [5, 5.41) is 6.49. The average molecular weight is 275 g/mol. The Labute approximate surface area is 116 Å². The molecule has 2 rings (SSSR count). The number of nitrogens with two attached hydrogens (primary N) is 1. The SMILES string of the molecule is Cc1noc(CCNC(=O)c2ccc(NN)c(C)c2)n1. The Balaban J connectivity index is 1.90. The predicted octanol–water partition coefficient (Wildman–Crippen LogP) is 0.945. The number of nitrogens with zero attached hydrogens (tertiary/aromatic N) is 2. The summed E-state index contributed by atoms with van der Waals surface area (Å²) in [6, 6.07) is 5.27. The number of nitrogens with one attached hydrogen (secondary N) is 2. The highest BCUT2D eigenvalue weighted by molar-refractivity contribution is 5.94. The second-order valence-corrected chi connectivity index (χ2v) is 4.42. The summed E-state index contributed by atoms with van der Waals surface area (Å²) in [5.41, 5.74) is 4.86. The molecule has 1 aromatic carbocycles. The second-order valence-electron chi connectivity index (χ2n) is 4.42. The minimum atomic E-state index is -0.145. The number of hydrogen-bond acceptors (Lipinski definition) is 6. The zero-order valence-electron chi connectivity index (χ0n) is 11.4. The summed E-state index contributed by atoms with van der Waals surface area (Å²) >= 11 is 0. The molecule has 1 amide bonds. The van der Waals surface area contributed by atoms with Crippen LogP contribution >= 0.6 is 0 Å². The van der Waals surface area contributed by atoms with Gasteiger partial charge in [0.05, 0.1) is 5.69 Å². The molecule has 0 aliphatic rings. The van der Waals surface area contributed by atoms with E-state index in [1.54, 1.807) is 25.1 Å². The van der Waals surface area contributed by atoms with E-state index < -0.39 is 0 Å². The Kier molecular flexibility index (Phi) is 4.31. The number of nitrogen functional groups attached to an aromatic ring is 1. The number of benzene rings is 1. The number of hydrazine groups is 1. The van der Waals surface area contributed by atoms with E-state index in [0.29, 0.717) is 30.2 Å². The minimum absolute atomic E-state index is 0.145. The Morgan fingerprint density at radius 1 is 1.40 bits per heavy atom. The van der Waals surface area contributed by atoms with Crippen molar-refractivity contribution in [2.24, 2.45) is 5.84 Å². The molecule has 0 aliphatic heterocycles. The predicted molar refractivity (Wildman–Crippen MR) is 74.1 cm³/mol. The van der Waals surface area contributed by atoms with E-state index in [1.807, 2.05) is 6.92 Å². The molecule has 0 fully saturated rings. The monoisotopic (exact) mass is 275 g/mol. The first kappa shape index (κ1) is 14.0. The molecule has 7 heteroatoms. The third-order valence-electron chi connectivity index (χ3n) is 2.84. The molecule has 20 heavy (non-hydrogen) atoms. The molecule has 1 heterocycles. The topological polar surface area (TPSA) is 106 Å². The number of anilines is 1. The van der Waals surface area contributed by atoms with Gasteiger partial charge < -0.3 is 15.3 Å². The van der Waals surface area contributed by atoms with Crippen molar-refractivity contribution in [1.82, 2.24) is 15.5 Å². The Morgan fingerprint density at radius 3 is 2.80 bits per heavy atom. The molecular weight excluding hydrogens is 258 g/mol. The molecule has 0 spiro atoms. The van der Waals surface area contributed by atoms with E-state index in [2.05, 4.69) is 20.9 Å². The van der Waals surface area contributed by atoms with Crippen molar-refractivity contribution < 1.29 is 9.32 Å². The van der Waals surface area contributed by atoms with E-state index in [0.717, 1.165) is 11.3 Å². The van der Waals surface area contributed by atoms with Crippen molar-refractivity contribution in [3.05, 3.63) is 41.0 Å². The number of carbonyl (C=O) groups is 1. The van der Waals surface area contributed by atoms with Crippen LogP contribution in [0.1, 0.15) is 27.6 Å². The maximum atomic E-state index is 12.0. The summed E-state index contributed by atoms with van der Waals surface area (Å²) in [4.78, 5) is 16.0. The van der Waals surface area contributed by atoms with Crippen LogP contribution in [0.2, 0.25) is 0 Å². The maximum absolute atomic E-state index is 12.0. The van der Waals surface area contributed by atoms with E-state index in [9.17, 15) is 4.79 Å². The molecule has 1 aromatic heterocycles. The minimum Gasteiger partial charge on any atom is -0.352 e. The number of amides is 1. The number of carbonyl (C=O) groups excluding carboxylic acids is 1. The van der Waals surface area contributed by atoms with Crippen LogP contribution in [-0.2, 0) is 6.42 Å². The largest absolute Gasteiger partial charge is 0.352 e. The first-order valence-electron chi connectivity index (χ1n) is 6.25.